The molecule has 0 saturated carbocycles. The summed E-state index contributed by atoms with van der Waals surface area (Å²) in [6, 6.07) is 14.4. The molecule has 0 bridgehead atoms. The third kappa shape index (κ3) is 3.09. The maximum atomic E-state index is 4.36. The van der Waals surface area contributed by atoms with Crippen molar-refractivity contribution in [2.75, 3.05) is 0 Å². The first-order valence-corrected chi connectivity index (χ1v) is 6.76. The van der Waals surface area contributed by atoms with E-state index in [0.29, 0.717) is 5.25 Å². The number of halogens is 1. The first kappa shape index (κ1) is 11.7. The Morgan fingerprint density at radius 1 is 1.12 bits per heavy atom. The van der Waals surface area contributed by atoms with E-state index in [1.54, 1.807) is 0 Å². The summed E-state index contributed by atoms with van der Waals surface area (Å²) in [4.78, 5) is 5.63. The molecular formula is C13H12BrNS. The van der Waals surface area contributed by atoms with Gasteiger partial charge in [0.05, 0.1) is 5.69 Å². The highest BCUT2D eigenvalue weighted by molar-refractivity contribution is 9.10. The van der Waals surface area contributed by atoms with Crippen molar-refractivity contribution in [2.24, 2.45) is 0 Å². The number of rotatable bonds is 3. The van der Waals surface area contributed by atoms with Crippen LogP contribution in [0, 0.1) is 0 Å². The van der Waals surface area contributed by atoms with Crippen molar-refractivity contribution in [1.29, 1.82) is 0 Å². The Morgan fingerprint density at radius 2 is 1.88 bits per heavy atom. The van der Waals surface area contributed by atoms with Crippen LogP contribution in [-0.4, -0.2) is 4.98 Å². The summed E-state index contributed by atoms with van der Waals surface area (Å²) in [7, 11) is 0. The third-order valence-electron chi connectivity index (χ3n) is 2.23. The molecule has 0 aliphatic heterocycles. The van der Waals surface area contributed by atoms with Gasteiger partial charge in [0.15, 0.2) is 0 Å². The molecule has 1 unspecified atom stereocenters. The number of thioether (sulfide) groups is 1. The topological polar surface area (TPSA) is 12.9 Å². The zero-order chi connectivity index (χ0) is 11.4. The summed E-state index contributed by atoms with van der Waals surface area (Å²) in [5, 5.41) is 0.377. The van der Waals surface area contributed by atoms with Gasteiger partial charge in [-0.1, -0.05) is 22.0 Å². The van der Waals surface area contributed by atoms with Crippen LogP contribution in [0.2, 0.25) is 0 Å². The highest BCUT2D eigenvalue weighted by atomic mass is 79.9. The fourth-order valence-electron chi connectivity index (χ4n) is 1.39. The average Bonchev–Trinajstić information content (AvgIpc) is 2.33. The van der Waals surface area contributed by atoms with Crippen molar-refractivity contribution in [2.45, 2.75) is 17.1 Å². The minimum Gasteiger partial charge on any atom is -0.260 e. The van der Waals surface area contributed by atoms with Crippen molar-refractivity contribution in [3.8, 4) is 0 Å². The van der Waals surface area contributed by atoms with Crippen LogP contribution < -0.4 is 0 Å². The molecule has 0 spiro atoms. The van der Waals surface area contributed by atoms with Crippen molar-refractivity contribution in [3.63, 3.8) is 0 Å². The van der Waals surface area contributed by atoms with Gasteiger partial charge in [-0.2, -0.15) is 0 Å². The largest absolute Gasteiger partial charge is 0.260 e. The first-order valence-electron chi connectivity index (χ1n) is 5.09. The van der Waals surface area contributed by atoms with Crippen molar-refractivity contribution >= 4 is 27.7 Å². The Bertz CT molecular complexity index is 441. The summed E-state index contributed by atoms with van der Waals surface area (Å²) in [5.41, 5.74) is 1.12. The van der Waals surface area contributed by atoms with E-state index in [0.717, 1.165) is 10.2 Å². The summed E-state index contributed by atoms with van der Waals surface area (Å²) in [6.45, 7) is 2.18. The van der Waals surface area contributed by atoms with E-state index in [1.807, 2.05) is 30.1 Å². The molecule has 1 atom stereocenters. The molecule has 1 aromatic heterocycles. The molecule has 3 heteroatoms. The molecule has 82 valence electrons. The Hall–Kier alpha value is -0.800. The minimum absolute atomic E-state index is 0.377. The lowest BCUT2D eigenvalue weighted by molar-refractivity contribution is 1.01. The van der Waals surface area contributed by atoms with Gasteiger partial charge < -0.3 is 0 Å². The lowest BCUT2D eigenvalue weighted by Crippen LogP contribution is -1.91. The molecular weight excluding hydrogens is 282 g/mol. The van der Waals surface area contributed by atoms with Gasteiger partial charge in [0.25, 0.3) is 0 Å². The van der Waals surface area contributed by atoms with Gasteiger partial charge in [0, 0.05) is 20.8 Å². The standard InChI is InChI=1S/C13H12BrNS/c1-10(13-4-2-3-9-15-13)16-12-7-5-11(14)6-8-12/h2-10H,1H3. The van der Waals surface area contributed by atoms with Crippen LogP contribution in [0.4, 0.5) is 0 Å². The molecule has 1 aromatic carbocycles. The summed E-state index contributed by atoms with van der Waals surface area (Å²) in [6.07, 6.45) is 1.84. The molecule has 0 aliphatic carbocycles. The van der Waals surface area contributed by atoms with Crippen molar-refractivity contribution in [3.05, 3.63) is 58.8 Å². The number of hydrogen-bond acceptors (Lipinski definition) is 2. The number of pyridine rings is 1. The van der Waals surface area contributed by atoms with Gasteiger partial charge >= 0.3 is 0 Å². The minimum atomic E-state index is 0.377. The van der Waals surface area contributed by atoms with Crippen molar-refractivity contribution < 1.29 is 0 Å². The number of aromatic nitrogens is 1. The van der Waals surface area contributed by atoms with Crippen LogP contribution in [0.3, 0.4) is 0 Å². The highest BCUT2D eigenvalue weighted by Crippen LogP contribution is 2.33. The van der Waals surface area contributed by atoms with Crippen LogP contribution in [0.25, 0.3) is 0 Å². The molecule has 0 N–H and O–H groups in total. The fraction of sp³-hybridized carbons (Fsp3) is 0.154. The quantitative estimate of drug-likeness (QED) is 0.761. The Kier molecular flexibility index (Phi) is 4.02. The Balaban J connectivity index is 2.08. The normalized spacial score (nSPS) is 12.4. The SMILES string of the molecule is CC(Sc1ccc(Br)cc1)c1ccccn1. The lowest BCUT2D eigenvalue weighted by atomic mass is 10.3. The van der Waals surface area contributed by atoms with Crippen LogP contribution >= 0.6 is 27.7 Å². The second-order valence-electron chi connectivity index (χ2n) is 3.47. The molecule has 16 heavy (non-hydrogen) atoms. The first-order chi connectivity index (χ1) is 7.75. The van der Waals surface area contributed by atoms with Gasteiger partial charge in [-0.3, -0.25) is 4.98 Å². The smallest absolute Gasteiger partial charge is 0.0534 e. The molecule has 0 amide bonds. The van der Waals surface area contributed by atoms with E-state index in [2.05, 4.69) is 58.2 Å². The predicted octanol–water partition coefficient (Wildman–Crippen LogP) is 4.70. The summed E-state index contributed by atoms with van der Waals surface area (Å²) < 4.78 is 1.11. The lowest BCUT2D eigenvalue weighted by Gasteiger charge is -2.10. The molecule has 0 aliphatic rings. The second kappa shape index (κ2) is 5.51. The van der Waals surface area contributed by atoms with Crippen LogP contribution in [0.1, 0.15) is 17.9 Å². The maximum Gasteiger partial charge on any atom is 0.0534 e. The highest BCUT2D eigenvalue weighted by Gasteiger charge is 2.07. The van der Waals surface area contributed by atoms with E-state index in [9.17, 15) is 0 Å². The molecule has 2 rings (SSSR count). The number of hydrogen-bond donors (Lipinski definition) is 0. The van der Waals surface area contributed by atoms with E-state index >= 15 is 0 Å². The molecule has 2 aromatic rings. The van der Waals surface area contributed by atoms with Crippen LogP contribution in [-0.2, 0) is 0 Å². The maximum absolute atomic E-state index is 4.36. The van der Waals surface area contributed by atoms with Crippen molar-refractivity contribution in [1.82, 2.24) is 4.98 Å². The molecule has 0 fully saturated rings. The van der Waals surface area contributed by atoms with Crippen LogP contribution in [0.5, 0.6) is 0 Å². The number of benzene rings is 1. The van der Waals surface area contributed by atoms with E-state index in [1.165, 1.54) is 4.90 Å². The Labute approximate surface area is 108 Å². The zero-order valence-electron chi connectivity index (χ0n) is 8.93. The monoisotopic (exact) mass is 293 g/mol. The van der Waals surface area contributed by atoms with Crippen LogP contribution in [0.15, 0.2) is 58.0 Å². The third-order valence-corrected chi connectivity index (χ3v) is 3.90. The summed E-state index contributed by atoms with van der Waals surface area (Å²) in [5.74, 6) is 0. The zero-order valence-corrected chi connectivity index (χ0v) is 11.3. The van der Waals surface area contributed by atoms with E-state index in [-0.39, 0.29) is 0 Å². The molecule has 1 nitrogen and oxygen atoms in total. The molecule has 0 radical (unpaired) electrons. The van der Waals surface area contributed by atoms with E-state index in [4.69, 9.17) is 0 Å². The van der Waals surface area contributed by atoms with Gasteiger partial charge in [-0.25, -0.2) is 0 Å². The summed E-state index contributed by atoms with van der Waals surface area (Å²) >= 11 is 5.26. The average molecular weight is 294 g/mol. The molecule has 0 saturated heterocycles. The van der Waals surface area contributed by atoms with E-state index < -0.39 is 0 Å². The van der Waals surface area contributed by atoms with Gasteiger partial charge in [0.1, 0.15) is 0 Å². The Morgan fingerprint density at radius 3 is 2.50 bits per heavy atom. The van der Waals surface area contributed by atoms with Gasteiger partial charge in [0.2, 0.25) is 0 Å². The predicted molar refractivity (Wildman–Crippen MR) is 72.7 cm³/mol. The fourth-order valence-corrected chi connectivity index (χ4v) is 2.62. The molecule has 1 heterocycles. The van der Waals surface area contributed by atoms with Gasteiger partial charge in [-0.05, 0) is 43.3 Å². The number of nitrogens with zero attached hydrogens (tertiary/aromatic N) is 1. The second-order valence-corrected chi connectivity index (χ2v) is 5.80. The van der Waals surface area contributed by atoms with Gasteiger partial charge in [-0.15, -0.1) is 11.8 Å².